The first-order valence-electron chi connectivity index (χ1n) is 4.54. The maximum Gasteiger partial charge on any atom is 0.430 e. The van der Waals surface area contributed by atoms with E-state index in [0.717, 1.165) is 19.1 Å². The highest BCUT2D eigenvalue weighted by Gasteiger charge is 2.72. The fourth-order valence-electron chi connectivity index (χ4n) is 1.53. The van der Waals surface area contributed by atoms with E-state index < -0.39 is 28.0 Å². The van der Waals surface area contributed by atoms with Gasteiger partial charge in [-0.25, -0.2) is 0 Å². The quantitative estimate of drug-likeness (QED) is 0.766. The molecule has 0 unspecified atom stereocenters. The average molecular weight is 337 g/mol. The zero-order chi connectivity index (χ0) is 14.4. The fraction of sp³-hybridized carbons (Fsp3) is 0.400. The Morgan fingerprint density at radius 1 is 1.00 bits per heavy atom. The first-order chi connectivity index (χ1) is 7.93. The van der Waals surface area contributed by atoms with Gasteiger partial charge in [0.15, 0.2) is 0 Å². The van der Waals surface area contributed by atoms with Crippen LogP contribution in [0.3, 0.4) is 0 Å². The topological polar surface area (TPSA) is 20.2 Å². The molecule has 0 spiro atoms. The lowest BCUT2D eigenvalue weighted by atomic mass is 9.89. The van der Waals surface area contributed by atoms with E-state index in [0.29, 0.717) is 0 Å². The van der Waals surface area contributed by atoms with Crippen molar-refractivity contribution in [1.82, 2.24) is 0 Å². The van der Waals surface area contributed by atoms with Gasteiger partial charge >= 0.3 is 12.4 Å². The molecule has 1 nitrogen and oxygen atoms in total. The van der Waals surface area contributed by atoms with Crippen LogP contribution >= 0.6 is 15.9 Å². The van der Waals surface area contributed by atoms with Crippen molar-refractivity contribution in [3.63, 3.8) is 0 Å². The number of benzene rings is 1. The molecule has 102 valence electrons. The molecule has 0 radical (unpaired) electrons. The molecule has 0 aliphatic carbocycles. The molecule has 0 aliphatic rings. The Hall–Kier alpha value is -0.760. The molecule has 0 atom stereocenters. The molecule has 1 aromatic carbocycles. The maximum atomic E-state index is 12.7. The molecule has 0 aromatic heterocycles. The molecule has 8 heteroatoms. The van der Waals surface area contributed by atoms with Gasteiger partial charge in [0.25, 0.3) is 5.60 Å². The molecule has 0 amide bonds. The third-order valence-electron chi connectivity index (χ3n) is 2.40. The maximum absolute atomic E-state index is 12.7. The average Bonchev–Trinajstić information content (AvgIpc) is 2.13. The van der Waals surface area contributed by atoms with Gasteiger partial charge in [-0.15, -0.1) is 0 Å². The van der Waals surface area contributed by atoms with Gasteiger partial charge in [0.1, 0.15) is 0 Å². The lowest BCUT2D eigenvalue weighted by Crippen LogP contribution is -2.54. The normalized spacial score (nSPS) is 13.8. The smallest absolute Gasteiger partial charge is 0.369 e. The second-order valence-corrected chi connectivity index (χ2v) is 4.49. The number of rotatable bonds is 1. The van der Waals surface area contributed by atoms with E-state index in [1.165, 1.54) is 6.07 Å². The lowest BCUT2D eigenvalue weighted by molar-refractivity contribution is -0.376. The zero-order valence-electron chi connectivity index (χ0n) is 8.83. The van der Waals surface area contributed by atoms with E-state index >= 15 is 0 Å². The van der Waals surface area contributed by atoms with Crippen molar-refractivity contribution in [2.45, 2.75) is 24.9 Å². The molecule has 0 saturated heterocycles. The molecule has 1 rings (SSSR count). The minimum absolute atomic E-state index is 0.318. The zero-order valence-corrected chi connectivity index (χ0v) is 10.4. The van der Waals surface area contributed by atoms with Crippen LogP contribution in [0, 0.1) is 6.92 Å². The molecular formula is C10H7BrF6O. The molecular weight excluding hydrogens is 330 g/mol. The van der Waals surface area contributed by atoms with Crippen LogP contribution < -0.4 is 0 Å². The first kappa shape index (κ1) is 15.3. The first-order valence-corrected chi connectivity index (χ1v) is 5.33. The summed E-state index contributed by atoms with van der Waals surface area (Å²) in [6.45, 7) is 1.06. The van der Waals surface area contributed by atoms with Crippen molar-refractivity contribution in [2.75, 3.05) is 0 Å². The Balaban J connectivity index is 3.67. The Labute approximate surface area is 107 Å². The second kappa shape index (κ2) is 4.41. The Bertz CT molecular complexity index is 416. The predicted octanol–water partition coefficient (Wildman–Crippen LogP) is 4.07. The minimum Gasteiger partial charge on any atom is -0.369 e. The van der Waals surface area contributed by atoms with E-state index in [1.807, 2.05) is 0 Å². The van der Waals surface area contributed by atoms with Gasteiger partial charge in [0.05, 0.1) is 0 Å². The Morgan fingerprint density at radius 2 is 1.44 bits per heavy atom. The number of aryl methyl sites for hydroxylation is 1. The van der Waals surface area contributed by atoms with E-state index in [9.17, 15) is 31.4 Å². The molecule has 0 bridgehead atoms. The lowest BCUT2D eigenvalue weighted by Gasteiger charge is -2.34. The number of hydrogen-bond acceptors (Lipinski definition) is 1. The van der Waals surface area contributed by atoms with Crippen LogP contribution in [0.4, 0.5) is 26.3 Å². The van der Waals surface area contributed by atoms with Gasteiger partial charge in [-0.05, 0) is 18.6 Å². The number of halogens is 7. The highest BCUT2D eigenvalue weighted by atomic mass is 79.9. The van der Waals surface area contributed by atoms with Crippen molar-refractivity contribution in [3.8, 4) is 0 Å². The van der Waals surface area contributed by atoms with Crippen molar-refractivity contribution < 1.29 is 31.4 Å². The standard InChI is InChI=1S/C10H7BrF6O/c1-5-3-2-4-6(11)7(5)8(18,9(12,13)14)10(15,16)17/h2-4,18H,1H3. The summed E-state index contributed by atoms with van der Waals surface area (Å²) in [7, 11) is 0. The van der Waals surface area contributed by atoms with Crippen LogP contribution in [0.15, 0.2) is 22.7 Å². The van der Waals surface area contributed by atoms with Crippen LogP contribution in [-0.4, -0.2) is 17.5 Å². The van der Waals surface area contributed by atoms with Crippen LogP contribution in [-0.2, 0) is 5.60 Å². The monoisotopic (exact) mass is 336 g/mol. The summed E-state index contributed by atoms with van der Waals surface area (Å²) < 4.78 is 75.5. The molecule has 0 aliphatic heterocycles. The Morgan fingerprint density at radius 3 is 1.78 bits per heavy atom. The third kappa shape index (κ3) is 2.23. The fourth-order valence-corrected chi connectivity index (χ4v) is 2.29. The van der Waals surface area contributed by atoms with E-state index in [-0.39, 0.29) is 5.56 Å². The van der Waals surface area contributed by atoms with Crippen molar-refractivity contribution in [2.24, 2.45) is 0 Å². The van der Waals surface area contributed by atoms with Gasteiger partial charge in [0.2, 0.25) is 0 Å². The van der Waals surface area contributed by atoms with Gasteiger partial charge in [-0.3, -0.25) is 0 Å². The summed E-state index contributed by atoms with van der Waals surface area (Å²) in [6, 6.07) is 3.34. The van der Waals surface area contributed by atoms with Crippen LogP contribution in [0.2, 0.25) is 0 Å². The molecule has 1 N–H and O–H groups in total. The molecule has 0 heterocycles. The number of aliphatic hydroxyl groups is 1. The van der Waals surface area contributed by atoms with E-state index in [2.05, 4.69) is 15.9 Å². The second-order valence-electron chi connectivity index (χ2n) is 3.64. The molecule has 0 fully saturated rings. The summed E-state index contributed by atoms with van der Waals surface area (Å²) in [5.41, 5.74) is -6.46. The minimum atomic E-state index is -5.88. The Kier molecular flexibility index (Phi) is 3.75. The summed E-state index contributed by atoms with van der Waals surface area (Å²) >= 11 is 2.61. The number of hydrogen-bond donors (Lipinski definition) is 1. The SMILES string of the molecule is Cc1cccc(Br)c1C(O)(C(F)(F)F)C(F)(F)F. The largest absolute Gasteiger partial charge is 0.430 e. The van der Waals surface area contributed by atoms with Gasteiger partial charge in [-0.2, -0.15) is 26.3 Å². The van der Waals surface area contributed by atoms with E-state index in [1.54, 1.807) is 0 Å². The number of alkyl halides is 6. The van der Waals surface area contributed by atoms with Crippen molar-refractivity contribution in [3.05, 3.63) is 33.8 Å². The van der Waals surface area contributed by atoms with Crippen molar-refractivity contribution in [1.29, 1.82) is 0 Å². The summed E-state index contributed by atoms with van der Waals surface area (Å²) in [5, 5.41) is 9.24. The van der Waals surface area contributed by atoms with Gasteiger partial charge < -0.3 is 5.11 Å². The molecule has 1 aromatic rings. The highest BCUT2D eigenvalue weighted by molar-refractivity contribution is 9.10. The van der Waals surface area contributed by atoms with Crippen LogP contribution in [0.5, 0.6) is 0 Å². The molecule has 0 saturated carbocycles. The summed E-state index contributed by atoms with van der Waals surface area (Å²) in [4.78, 5) is 0. The highest BCUT2D eigenvalue weighted by Crippen LogP contribution is 2.52. The predicted molar refractivity (Wildman–Crippen MR) is 54.9 cm³/mol. The van der Waals surface area contributed by atoms with Crippen molar-refractivity contribution >= 4 is 15.9 Å². The summed E-state index contributed by atoms with van der Waals surface area (Å²) in [5.74, 6) is 0. The van der Waals surface area contributed by atoms with Gasteiger partial charge in [0, 0.05) is 10.0 Å². The van der Waals surface area contributed by atoms with E-state index in [4.69, 9.17) is 0 Å². The third-order valence-corrected chi connectivity index (χ3v) is 3.07. The van der Waals surface area contributed by atoms with Crippen LogP contribution in [0.25, 0.3) is 0 Å². The van der Waals surface area contributed by atoms with Crippen LogP contribution in [0.1, 0.15) is 11.1 Å². The van der Waals surface area contributed by atoms with Gasteiger partial charge in [-0.1, -0.05) is 28.1 Å². The summed E-state index contributed by atoms with van der Waals surface area (Å²) in [6.07, 6.45) is -11.8. The molecule has 18 heavy (non-hydrogen) atoms.